The van der Waals surface area contributed by atoms with Gasteiger partial charge in [-0.3, -0.25) is 0 Å². The normalized spacial score (nSPS) is 19.6. The molecule has 6 nitrogen and oxygen atoms in total. The summed E-state index contributed by atoms with van der Waals surface area (Å²) >= 11 is 1.70. The first kappa shape index (κ1) is 14.6. The third kappa shape index (κ3) is 2.18. The number of nitrogens with two attached hydrogens (primary N) is 1. The van der Waals surface area contributed by atoms with Crippen LogP contribution in [-0.2, 0) is 23.5 Å². The van der Waals surface area contributed by atoms with Crippen LogP contribution in [0.5, 0.6) is 0 Å². The van der Waals surface area contributed by atoms with Crippen molar-refractivity contribution in [1.29, 1.82) is 0 Å². The Morgan fingerprint density at radius 1 is 1.52 bits per heavy atom. The summed E-state index contributed by atoms with van der Waals surface area (Å²) in [6.07, 6.45) is 2.92. The van der Waals surface area contributed by atoms with Gasteiger partial charge in [-0.25, -0.2) is 13.4 Å². The van der Waals surface area contributed by atoms with E-state index in [1.165, 1.54) is 15.8 Å². The SMILES string of the molecule is CCC1c2ccsc2CCN1S(=O)(=O)c1c(N)ncn1C. The minimum Gasteiger partial charge on any atom is -0.381 e. The summed E-state index contributed by atoms with van der Waals surface area (Å²) in [5.74, 6) is 0.0588. The van der Waals surface area contributed by atoms with Crippen molar-refractivity contribution in [3.8, 4) is 0 Å². The van der Waals surface area contributed by atoms with Gasteiger partial charge in [-0.15, -0.1) is 11.3 Å². The fourth-order valence-corrected chi connectivity index (χ4v) is 5.75. The number of fused-ring (bicyclic) bond motifs is 1. The van der Waals surface area contributed by atoms with Gasteiger partial charge in [0.2, 0.25) is 0 Å². The van der Waals surface area contributed by atoms with E-state index in [1.807, 2.05) is 18.4 Å². The van der Waals surface area contributed by atoms with Crippen molar-refractivity contribution in [2.24, 2.45) is 7.05 Å². The first-order valence-electron chi connectivity index (χ1n) is 6.81. The van der Waals surface area contributed by atoms with Crippen molar-refractivity contribution in [2.75, 3.05) is 12.3 Å². The van der Waals surface area contributed by atoms with Crippen LogP contribution in [0.25, 0.3) is 0 Å². The average Bonchev–Trinajstić information content (AvgIpc) is 3.04. The molecule has 0 bridgehead atoms. The van der Waals surface area contributed by atoms with E-state index in [4.69, 9.17) is 5.73 Å². The molecule has 0 amide bonds. The van der Waals surface area contributed by atoms with Crippen molar-refractivity contribution >= 4 is 27.2 Å². The number of imidazole rings is 1. The maximum Gasteiger partial charge on any atom is 0.263 e. The predicted octanol–water partition coefficient (Wildman–Crippen LogP) is 1.76. The molecule has 1 aliphatic heterocycles. The Bertz CT molecular complexity index is 743. The number of hydrogen-bond acceptors (Lipinski definition) is 5. The van der Waals surface area contributed by atoms with Gasteiger partial charge in [-0.1, -0.05) is 6.92 Å². The highest BCUT2D eigenvalue weighted by atomic mass is 32.2. The molecule has 3 rings (SSSR count). The lowest BCUT2D eigenvalue weighted by atomic mass is 10.0. The molecular weight excluding hydrogens is 308 g/mol. The zero-order chi connectivity index (χ0) is 15.2. The summed E-state index contributed by atoms with van der Waals surface area (Å²) in [5.41, 5.74) is 6.88. The second-order valence-electron chi connectivity index (χ2n) is 5.13. The highest BCUT2D eigenvalue weighted by Gasteiger charge is 2.38. The van der Waals surface area contributed by atoms with E-state index in [-0.39, 0.29) is 16.9 Å². The van der Waals surface area contributed by atoms with E-state index in [0.717, 1.165) is 18.4 Å². The van der Waals surface area contributed by atoms with Crippen LogP contribution < -0.4 is 5.73 Å². The molecule has 2 aromatic heterocycles. The monoisotopic (exact) mass is 326 g/mol. The number of sulfonamides is 1. The standard InChI is InChI=1S/C13H18N4O2S2/c1-3-10-9-5-7-20-11(9)4-6-17(10)21(18,19)13-12(14)15-8-16(13)2/h5,7-8,10H,3-4,6,14H2,1-2H3. The number of nitrogens with zero attached hydrogens (tertiary/aromatic N) is 3. The molecule has 0 aromatic carbocycles. The molecule has 0 saturated carbocycles. The molecule has 2 N–H and O–H groups in total. The molecule has 2 aromatic rings. The predicted molar refractivity (Wildman–Crippen MR) is 82.6 cm³/mol. The summed E-state index contributed by atoms with van der Waals surface area (Å²) in [6.45, 7) is 2.49. The first-order chi connectivity index (χ1) is 9.96. The quantitative estimate of drug-likeness (QED) is 0.932. The molecule has 0 spiro atoms. The van der Waals surface area contributed by atoms with Crippen molar-refractivity contribution < 1.29 is 8.42 Å². The fourth-order valence-electron chi connectivity index (χ4n) is 2.95. The number of anilines is 1. The molecule has 21 heavy (non-hydrogen) atoms. The number of rotatable bonds is 3. The number of aromatic nitrogens is 2. The average molecular weight is 326 g/mol. The summed E-state index contributed by atoms with van der Waals surface area (Å²) < 4.78 is 29.0. The van der Waals surface area contributed by atoms with E-state index in [0.29, 0.717) is 6.54 Å². The topological polar surface area (TPSA) is 81.2 Å². The van der Waals surface area contributed by atoms with Crippen molar-refractivity contribution in [1.82, 2.24) is 13.9 Å². The Morgan fingerprint density at radius 3 is 2.90 bits per heavy atom. The first-order valence-corrected chi connectivity index (χ1v) is 9.13. The number of aryl methyl sites for hydroxylation is 1. The third-order valence-electron chi connectivity index (χ3n) is 3.90. The van der Waals surface area contributed by atoms with Crippen LogP contribution in [0, 0.1) is 0 Å². The molecule has 0 fully saturated rings. The lowest BCUT2D eigenvalue weighted by molar-refractivity contribution is 0.301. The fraction of sp³-hybridized carbons (Fsp3) is 0.462. The van der Waals surface area contributed by atoms with Crippen molar-refractivity contribution in [2.45, 2.75) is 30.8 Å². The van der Waals surface area contributed by atoms with Crippen LogP contribution in [0.2, 0.25) is 0 Å². The minimum atomic E-state index is -3.65. The molecule has 1 unspecified atom stereocenters. The van der Waals surface area contributed by atoms with Gasteiger partial charge in [-0.2, -0.15) is 4.31 Å². The minimum absolute atomic E-state index is 0.0588. The Balaban J connectivity index is 2.08. The summed E-state index contributed by atoms with van der Waals surface area (Å²) in [7, 11) is -2.00. The number of thiophene rings is 1. The van der Waals surface area contributed by atoms with E-state index < -0.39 is 10.0 Å². The van der Waals surface area contributed by atoms with Crippen LogP contribution in [-0.4, -0.2) is 28.8 Å². The van der Waals surface area contributed by atoms with E-state index in [2.05, 4.69) is 4.98 Å². The molecule has 0 aliphatic carbocycles. The molecular formula is C13H18N4O2S2. The molecule has 3 heterocycles. The van der Waals surface area contributed by atoms with Gasteiger partial charge < -0.3 is 10.3 Å². The van der Waals surface area contributed by atoms with E-state index in [1.54, 1.807) is 22.7 Å². The summed E-state index contributed by atoms with van der Waals surface area (Å²) in [5, 5.41) is 2.11. The van der Waals surface area contributed by atoms with Crippen molar-refractivity contribution in [3.05, 3.63) is 28.2 Å². The van der Waals surface area contributed by atoms with Gasteiger partial charge in [0.05, 0.1) is 12.4 Å². The van der Waals surface area contributed by atoms with Gasteiger partial charge >= 0.3 is 0 Å². The Hall–Kier alpha value is -1.38. The molecule has 1 atom stereocenters. The maximum absolute atomic E-state index is 13.0. The van der Waals surface area contributed by atoms with Gasteiger partial charge in [0.1, 0.15) is 0 Å². The van der Waals surface area contributed by atoms with Gasteiger partial charge in [0, 0.05) is 18.5 Å². The smallest absolute Gasteiger partial charge is 0.263 e. The van der Waals surface area contributed by atoms with Gasteiger partial charge in [-0.05, 0) is 29.9 Å². The highest BCUT2D eigenvalue weighted by Crippen LogP contribution is 2.38. The summed E-state index contributed by atoms with van der Waals surface area (Å²) in [6, 6.07) is 1.90. The molecule has 114 valence electrons. The maximum atomic E-state index is 13.0. The zero-order valence-corrected chi connectivity index (χ0v) is 13.6. The zero-order valence-electron chi connectivity index (χ0n) is 12.0. The Kier molecular flexibility index (Phi) is 3.54. The van der Waals surface area contributed by atoms with E-state index >= 15 is 0 Å². The van der Waals surface area contributed by atoms with Crippen LogP contribution in [0.15, 0.2) is 22.8 Å². The molecule has 0 radical (unpaired) electrons. The lowest BCUT2D eigenvalue weighted by Crippen LogP contribution is -2.40. The number of hydrogen-bond donors (Lipinski definition) is 1. The van der Waals surface area contributed by atoms with Crippen LogP contribution in [0.1, 0.15) is 29.8 Å². The van der Waals surface area contributed by atoms with E-state index in [9.17, 15) is 8.42 Å². The Labute approximate surface area is 128 Å². The van der Waals surface area contributed by atoms with Crippen LogP contribution >= 0.6 is 11.3 Å². The van der Waals surface area contributed by atoms with Gasteiger partial charge in [0.25, 0.3) is 10.0 Å². The third-order valence-corrected chi connectivity index (χ3v) is 6.93. The van der Waals surface area contributed by atoms with Gasteiger partial charge in [0.15, 0.2) is 10.8 Å². The van der Waals surface area contributed by atoms with Crippen molar-refractivity contribution in [3.63, 3.8) is 0 Å². The second kappa shape index (κ2) is 5.11. The van der Waals surface area contributed by atoms with Crippen LogP contribution in [0.4, 0.5) is 5.82 Å². The molecule has 8 heteroatoms. The molecule has 1 aliphatic rings. The summed E-state index contributed by atoms with van der Waals surface area (Å²) in [4.78, 5) is 5.18. The largest absolute Gasteiger partial charge is 0.381 e. The molecule has 0 saturated heterocycles. The number of nitrogen functional groups attached to an aromatic ring is 1. The Morgan fingerprint density at radius 2 is 2.29 bits per heavy atom. The highest BCUT2D eigenvalue weighted by molar-refractivity contribution is 7.89. The lowest BCUT2D eigenvalue weighted by Gasteiger charge is -2.34. The van der Waals surface area contributed by atoms with Crippen LogP contribution in [0.3, 0.4) is 0 Å². The second-order valence-corrected chi connectivity index (χ2v) is 7.94.